The fourth-order valence-electron chi connectivity index (χ4n) is 1.65. The molecule has 1 aromatic heterocycles. The van der Waals surface area contributed by atoms with E-state index >= 15 is 0 Å². The topological polar surface area (TPSA) is 38.0 Å². The lowest BCUT2D eigenvalue weighted by Gasteiger charge is -2.05. The van der Waals surface area contributed by atoms with E-state index < -0.39 is 0 Å². The van der Waals surface area contributed by atoms with E-state index in [4.69, 9.17) is 5.11 Å². The molecule has 1 atom stereocenters. The van der Waals surface area contributed by atoms with Gasteiger partial charge in [0.2, 0.25) is 0 Å². The van der Waals surface area contributed by atoms with Gasteiger partial charge in [-0.05, 0) is 39.2 Å². The largest absolute Gasteiger partial charge is 0.382 e. The molecule has 0 saturated carbocycles. The molecule has 86 valence electrons. The zero-order chi connectivity index (χ0) is 11.3. The van der Waals surface area contributed by atoms with Crippen molar-refractivity contribution < 1.29 is 5.11 Å². The number of halogens is 1. The summed E-state index contributed by atoms with van der Waals surface area (Å²) in [5, 5.41) is 13.1. The number of alkyl halides is 1. The highest BCUT2D eigenvalue weighted by Crippen LogP contribution is 2.09. The van der Waals surface area contributed by atoms with Gasteiger partial charge in [-0.15, -0.1) is 0 Å². The van der Waals surface area contributed by atoms with Crippen LogP contribution in [0.4, 0.5) is 0 Å². The van der Waals surface area contributed by atoms with Crippen LogP contribution in [-0.2, 0) is 6.54 Å². The summed E-state index contributed by atoms with van der Waals surface area (Å²) in [7, 11) is 0. The van der Waals surface area contributed by atoms with Gasteiger partial charge in [0.1, 0.15) is 5.01 Å². The Hall–Kier alpha value is -0.350. The minimum absolute atomic E-state index is 0.341. The number of aliphatic hydroxyl groups excluding tert-OH is 1. The van der Waals surface area contributed by atoms with Crippen molar-refractivity contribution in [2.24, 2.45) is 0 Å². The predicted octanol–water partition coefficient (Wildman–Crippen LogP) is 2.77. The van der Waals surface area contributed by atoms with Crippen LogP contribution >= 0.6 is 15.9 Å². The molecule has 0 saturated heterocycles. The molecule has 0 amide bonds. The average molecular weight is 275 g/mol. The molecular formula is C11H19BrN2O. The summed E-state index contributed by atoms with van der Waals surface area (Å²) in [6.45, 7) is 5.09. The Bertz CT molecular complexity index is 297. The molecule has 0 fully saturated rings. The number of hydrogen-bond acceptors (Lipinski definition) is 2. The van der Waals surface area contributed by atoms with E-state index in [1.54, 1.807) is 0 Å². The minimum Gasteiger partial charge on any atom is -0.382 e. The summed E-state index contributed by atoms with van der Waals surface area (Å²) >= 11 is 3.12. The molecule has 1 unspecified atom stereocenters. The SMILES string of the molecule is Cc1cc(C)n(CCCCCC(O)Br)n1. The van der Waals surface area contributed by atoms with Crippen LogP contribution in [0.15, 0.2) is 6.07 Å². The standard InChI is InChI=1S/C11H19BrN2O/c1-9-8-10(2)14(13-9)7-5-3-4-6-11(12)15/h8,11,15H,3-7H2,1-2H3. The van der Waals surface area contributed by atoms with Crippen LogP contribution in [0, 0.1) is 13.8 Å². The fraction of sp³-hybridized carbons (Fsp3) is 0.727. The van der Waals surface area contributed by atoms with Gasteiger partial charge in [0.05, 0.1) is 5.69 Å². The molecule has 0 bridgehead atoms. The van der Waals surface area contributed by atoms with Gasteiger partial charge in [-0.25, -0.2) is 0 Å². The molecule has 1 heterocycles. The maximum Gasteiger partial charge on any atom is 0.109 e. The van der Waals surface area contributed by atoms with Crippen molar-refractivity contribution in [3.8, 4) is 0 Å². The number of unbranched alkanes of at least 4 members (excludes halogenated alkanes) is 2. The lowest BCUT2D eigenvalue weighted by molar-refractivity contribution is 0.254. The van der Waals surface area contributed by atoms with Gasteiger partial charge in [0, 0.05) is 12.2 Å². The van der Waals surface area contributed by atoms with Crippen LogP contribution in [0.1, 0.15) is 37.1 Å². The number of aromatic nitrogens is 2. The number of aliphatic hydroxyl groups is 1. The predicted molar refractivity (Wildman–Crippen MR) is 65.1 cm³/mol. The normalized spacial score (nSPS) is 13.1. The van der Waals surface area contributed by atoms with Gasteiger partial charge in [0.25, 0.3) is 0 Å². The monoisotopic (exact) mass is 274 g/mol. The lowest BCUT2D eigenvalue weighted by Crippen LogP contribution is -2.03. The Morgan fingerprint density at radius 2 is 2.13 bits per heavy atom. The third kappa shape index (κ3) is 4.80. The molecule has 1 N–H and O–H groups in total. The molecule has 1 aromatic rings. The van der Waals surface area contributed by atoms with Gasteiger partial charge < -0.3 is 5.11 Å². The zero-order valence-electron chi connectivity index (χ0n) is 9.41. The van der Waals surface area contributed by atoms with Crippen LogP contribution < -0.4 is 0 Å². The second kappa shape index (κ2) is 6.28. The highest BCUT2D eigenvalue weighted by Gasteiger charge is 2.01. The summed E-state index contributed by atoms with van der Waals surface area (Å²) in [4.78, 5) is 0. The first-order chi connectivity index (χ1) is 7.09. The summed E-state index contributed by atoms with van der Waals surface area (Å²) in [6.07, 6.45) is 4.16. The number of aryl methyl sites for hydroxylation is 3. The van der Waals surface area contributed by atoms with E-state index in [1.165, 1.54) is 5.69 Å². The van der Waals surface area contributed by atoms with Crippen molar-refractivity contribution in [3.05, 3.63) is 17.5 Å². The quantitative estimate of drug-likeness (QED) is 0.640. The Morgan fingerprint density at radius 3 is 2.67 bits per heavy atom. The van der Waals surface area contributed by atoms with Crippen LogP contribution in [0.3, 0.4) is 0 Å². The molecule has 0 radical (unpaired) electrons. The van der Waals surface area contributed by atoms with Crippen molar-refractivity contribution in [2.75, 3.05) is 0 Å². The van der Waals surface area contributed by atoms with Crippen molar-refractivity contribution >= 4 is 15.9 Å². The molecule has 0 aliphatic heterocycles. The number of rotatable bonds is 6. The van der Waals surface area contributed by atoms with E-state index in [9.17, 15) is 0 Å². The molecular weight excluding hydrogens is 256 g/mol. The maximum absolute atomic E-state index is 9.02. The maximum atomic E-state index is 9.02. The minimum atomic E-state index is -0.341. The van der Waals surface area contributed by atoms with Crippen molar-refractivity contribution in [1.29, 1.82) is 0 Å². The molecule has 15 heavy (non-hydrogen) atoms. The van der Waals surface area contributed by atoms with Crippen molar-refractivity contribution in [1.82, 2.24) is 9.78 Å². The van der Waals surface area contributed by atoms with E-state index in [2.05, 4.69) is 38.7 Å². The molecule has 0 aromatic carbocycles. The van der Waals surface area contributed by atoms with E-state index in [0.717, 1.165) is 37.9 Å². The lowest BCUT2D eigenvalue weighted by atomic mass is 10.2. The van der Waals surface area contributed by atoms with Gasteiger partial charge in [0.15, 0.2) is 0 Å². The third-order valence-corrected chi connectivity index (χ3v) is 2.87. The second-order valence-corrected chi connectivity index (χ2v) is 4.99. The van der Waals surface area contributed by atoms with Crippen LogP contribution in [0.5, 0.6) is 0 Å². The summed E-state index contributed by atoms with van der Waals surface area (Å²) in [6, 6.07) is 2.10. The Labute approximate surface area is 99.6 Å². The van der Waals surface area contributed by atoms with Crippen LogP contribution in [-0.4, -0.2) is 19.9 Å². The number of nitrogens with zero attached hydrogens (tertiary/aromatic N) is 2. The summed E-state index contributed by atoms with van der Waals surface area (Å²) in [5.41, 5.74) is 2.32. The Balaban J connectivity index is 2.17. The molecule has 1 rings (SSSR count). The van der Waals surface area contributed by atoms with Gasteiger partial charge in [-0.2, -0.15) is 5.10 Å². The average Bonchev–Trinajstić information content (AvgIpc) is 2.44. The zero-order valence-corrected chi connectivity index (χ0v) is 11.0. The molecule has 0 aliphatic rings. The molecule has 4 heteroatoms. The van der Waals surface area contributed by atoms with E-state index in [-0.39, 0.29) is 5.01 Å². The Kier molecular flexibility index (Phi) is 5.32. The second-order valence-electron chi connectivity index (χ2n) is 3.93. The molecule has 0 aliphatic carbocycles. The van der Waals surface area contributed by atoms with Crippen LogP contribution in [0.25, 0.3) is 0 Å². The first kappa shape index (κ1) is 12.7. The summed E-state index contributed by atoms with van der Waals surface area (Å²) < 4.78 is 2.06. The highest BCUT2D eigenvalue weighted by atomic mass is 79.9. The number of hydrogen-bond donors (Lipinski definition) is 1. The Morgan fingerprint density at radius 1 is 1.40 bits per heavy atom. The van der Waals surface area contributed by atoms with Crippen LogP contribution in [0.2, 0.25) is 0 Å². The first-order valence-corrected chi connectivity index (χ1v) is 6.34. The van der Waals surface area contributed by atoms with Gasteiger partial charge in [-0.3, -0.25) is 4.68 Å². The fourth-order valence-corrected chi connectivity index (χ4v) is 1.98. The highest BCUT2D eigenvalue weighted by molar-refractivity contribution is 9.09. The molecule has 3 nitrogen and oxygen atoms in total. The van der Waals surface area contributed by atoms with E-state index in [0.29, 0.717) is 0 Å². The third-order valence-electron chi connectivity index (χ3n) is 2.42. The molecule has 0 spiro atoms. The summed E-state index contributed by atoms with van der Waals surface area (Å²) in [5.74, 6) is 0. The van der Waals surface area contributed by atoms with Gasteiger partial charge in [-0.1, -0.05) is 22.4 Å². The van der Waals surface area contributed by atoms with Gasteiger partial charge >= 0.3 is 0 Å². The smallest absolute Gasteiger partial charge is 0.109 e. The first-order valence-electron chi connectivity index (χ1n) is 5.43. The van der Waals surface area contributed by atoms with Crippen molar-refractivity contribution in [3.63, 3.8) is 0 Å². The van der Waals surface area contributed by atoms with E-state index in [1.807, 2.05) is 6.92 Å². The van der Waals surface area contributed by atoms with Crippen molar-refractivity contribution in [2.45, 2.75) is 51.1 Å².